The van der Waals surface area contributed by atoms with Gasteiger partial charge in [-0.05, 0) is 12.8 Å². The quantitative estimate of drug-likeness (QED) is 0.568. The first-order valence-corrected chi connectivity index (χ1v) is 5.67. The predicted octanol–water partition coefficient (Wildman–Crippen LogP) is 1.67. The third kappa shape index (κ3) is 1.30. The molecule has 2 saturated carbocycles. The molecule has 3 aliphatic rings. The third-order valence-corrected chi connectivity index (χ3v) is 3.90. The van der Waals surface area contributed by atoms with Gasteiger partial charge >= 0.3 is 0 Å². The van der Waals surface area contributed by atoms with E-state index in [4.69, 9.17) is 9.47 Å². The van der Waals surface area contributed by atoms with Crippen LogP contribution in [0.25, 0.3) is 0 Å². The summed E-state index contributed by atoms with van der Waals surface area (Å²) in [5, 5.41) is 0. The smallest absolute Gasteiger partial charge is 0.175 e. The average molecular weight is 208 g/mol. The van der Waals surface area contributed by atoms with Crippen molar-refractivity contribution in [1.82, 2.24) is 0 Å². The molecular formula is C12H16O3. The Morgan fingerprint density at radius 2 is 1.60 bits per heavy atom. The van der Waals surface area contributed by atoms with Crippen LogP contribution in [-0.2, 0) is 14.3 Å². The molecule has 1 saturated heterocycles. The minimum absolute atomic E-state index is 0.215. The van der Waals surface area contributed by atoms with Gasteiger partial charge in [-0.3, -0.25) is 4.79 Å². The Morgan fingerprint density at radius 3 is 2.13 bits per heavy atom. The van der Waals surface area contributed by atoms with Crippen molar-refractivity contribution in [2.24, 2.45) is 11.8 Å². The number of carbonyl (C=O) groups excluding carboxylic acids is 1. The van der Waals surface area contributed by atoms with Crippen LogP contribution in [0.15, 0.2) is 12.2 Å². The Kier molecular flexibility index (Phi) is 2.01. The fourth-order valence-corrected chi connectivity index (χ4v) is 3.38. The predicted molar refractivity (Wildman–Crippen MR) is 54.2 cm³/mol. The van der Waals surface area contributed by atoms with E-state index < -0.39 is 5.79 Å². The Morgan fingerprint density at radius 1 is 1.07 bits per heavy atom. The largest absolute Gasteiger partial charge is 0.347 e. The van der Waals surface area contributed by atoms with E-state index in [0.717, 1.165) is 12.8 Å². The van der Waals surface area contributed by atoms with Crippen LogP contribution < -0.4 is 0 Å². The van der Waals surface area contributed by atoms with Crippen molar-refractivity contribution in [3.63, 3.8) is 0 Å². The first-order chi connectivity index (χ1) is 7.21. The van der Waals surface area contributed by atoms with Crippen molar-refractivity contribution in [3.8, 4) is 0 Å². The monoisotopic (exact) mass is 208 g/mol. The van der Waals surface area contributed by atoms with Crippen molar-refractivity contribution in [2.75, 3.05) is 13.2 Å². The lowest BCUT2D eigenvalue weighted by atomic mass is 9.65. The minimum Gasteiger partial charge on any atom is -0.347 e. The van der Waals surface area contributed by atoms with Crippen molar-refractivity contribution < 1.29 is 14.3 Å². The zero-order valence-electron chi connectivity index (χ0n) is 8.83. The van der Waals surface area contributed by atoms with Gasteiger partial charge in [0.2, 0.25) is 0 Å². The van der Waals surface area contributed by atoms with Gasteiger partial charge in [0.1, 0.15) is 5.78 Å². The summed E-state index contributed by atoms with van der Waals surface area (Å²) in [6.07, 6.45) is 3.00. The molecule has 3 nitrogen and oxygen atoms in total. The lowest BCUT2D eigenvalue weighted by Crippen LogP contribution is -2.54. The van der Waals surface area contributed by atoms with Crippen LogP contribution in [0, 0.1) is 11.8 Å². The highest BCUT2D eigenvalue weighted by Crippen LogP contribution is 2.51. The Hall–Kier alpha value is -0.670. The van der Waals surface area contributed by atoms with Gasteiger partial charge in [0.15, 0.2) is 5.79 Å². The maximum absolute atomic E-state index is 11.6. The third-order valence-electron chi connectivity index (χ3n) is 3.90. The highest BCUT2D eigenvalue weighted by molar-refractivity contribution is 5.80. The molecule has 15 heavy (non-hydrogen) atoms. The Balaban J connectivity index is 1.95. The molecule has 3 rings (SSSR count). The molecule has 0 amide bonds. The molecule has 2 bridgehead atoms. The lowest BCUT2D eigenvalue weighted by molar-refractivity contribution is -0.248. The minimum atomic E-state index is -0.435. The molecule has 2 aliphatic carbocycles. The number of ketones is 1. The van der Waals surface area contributed by atoms with Crippen LogP contribution in [0.2, 0.25) is 0 Å². The van der Waals surface area contributed by atoms with Gasteiger partial charge in [-0.1, -0.05) is 12.2 Å². The van der Waals surface area contributed by atoms with Crippen LogP contribution in [0.1, 0.15) is 25.7 Å². The normalized spacial score (nSPS) is 38.7. The number of rotatable bonds is 0. The number of ether oxygens (including phenoxy) is 2. The van der Waals surface area contributed by atoms with Crippen LogP contribution in [-0.4, -0.2) is 24.8 Å². The topological polar surface area (TPSA) is 35.5 Å². The molecule has 2 atom stereocenters. The number of hydrogen-bond donors (Lipinski definition) is 0. The molecule has 0 aromatic heterocycles. The van der Waals surface area contributed by atoms with Gasteiger partial charge in [0.05, 0.1) is 13.2 Å². The van der Waals surface area contributed by atoms with Gasteiger partial charge in [-0.15, -0.1) is 0 Å². The second-order valence-electron chi connectivity index (χ2n) is 4.92. The van der Waals surface area contributed by atoms with E-state index in [0.29, 0.717) is 31.8 Å². The summed E-state index contributed by atoms with van der Waals surface area (Å²) in [6.45, 7) is 5.40. The molecule has 3 fully saturated rings. The van der Waals surface area contributed by atoms with Crippen molar-refractivity contribution in [1.29, 1.82) is 0 Å². The average Bonchev–Trinajstić information content (AvgIpc) is 2.60. The molecule has 0 aromatic rings. The number of allylic oxidation sites excluding steroid dienone is 1. The van der Waals surface area contributed by atoms with E-state index in [1.165, 1.54) is 5.57 Å². The van der Waals surface area contributed by atoms with Gasteiger partial charge in [0, 0.05) is 24.7 Å². The molecule has 1 heterocycles. The van der Waals surface area contributed by atoms with E-state index >= 15 is 0 Å². The molecule has 1 aliphatic heterocycles. The Labute approximate surface area is 89.4 Å². The summed E-state index contributed by atoms with van der Waals surface area (Å²) in [5.74, 6) is 0.358. The maximum atomic E-state index is 11.6. The molecule has 82 valence electrons. The zero-order valence-corrected chi connectivity index (χ0v) is 8.83. The highest BCUT2D eigenvalue weighted by atomic mass is 16.7. The van der Waals surface area contributed by atoms with Crippen molar-refractivity contribution >= 4 is 5.78 Å². The zero-order chi connectivity index (χ0) is 10.5. The van der Waals surface area contributed by atoms with E-state index in [1.54, 1.807) is 0 Å². The van der Waals surface area contributed by atoms with Crippen LogP contribution in [0.5, 0.6) is 0 Å². The fraction of sp³-hybridized carbons (Fsp3) is 0.750. The number of carbonyl (C=O) groups is 1. The fourth-order valence-electron chi connectivity index (χ4n) is 3.38. The lowest BCUT2D eigenvalue weighted by Gasteiger charge is -2.48. The number of hydrogen-bond acceptors (Lipinski definition) is 3. The molecule has 3 heteroatoms. The summed E-state index contributed by atoms with van der Waals surface area (Å²) < 4.78 is 11.7. The Bertz CT molecular complexity index is 273. The summed E-state index contributed by atoms with van der Waals surface area (Å²) in [6, 6.07) is 0. The van der Waals surface area contributed by atoms with Crippen molar-refractivity contribution in [2.45, 2.75) is 31.5 Å². The molecule has 0 radical (unpaired) electrons. The summed E-state index contributed by atoms with van der Waals surface area (Å²) in [4.78, 5) is 11.6. The molecular weight excluding hydrogens is 192 g/mol. The van der Waals surface area contributed by atoms with E-state index in [9.17, 15) is 4.79 Å². The highest BCUT2D eigenvalue weighted by Gasteiger charge is 2.56. The van der Waals surface area contributed by atoms with Gasteiger partial charge in [0.25, 0.3) is 0 Å². The van der Waals surface area contributed by atoms with E-state index in [2.05, 4.69) is 6.58 Å². The van der Waals surface area contributed by atoms with Gasteiger partial charge in [-0.25, -0.2) is 0 Å². The molecule has 0 N–H and O–H groups in total. The summed E-state index contributed by atoms with van der Waals surface area (Å²) in [5.41, 5.74) is 1.25. The second-order valence-corrected chi connectivity index (χ2v) is 4.92. The van der Waals surface area contributed by atoms with Crippen LogP contribution in [0.3, 0.4) is 0 Å². The molecule has 0 aromatic carbocycles. The van der Waals surface area contributed by atoms with E-state index in [1.807, 2.05) is 0 Å². The van der Waals surface area contributed by atoms with Crippen molar-refractivity contribution in [3.05, 3.63) is 12.2 Å². The molecule has 2 unspecified atom stereocenters. The maximum Gasteiger partial charge on any atom is 0.175 e. The summed E-state index contributed by atoms with van der Waals surface area (Å²) in [7, 11) is 0. The van der Waals surface area contributed by atoms with Gasteiger partial charge < -0.3 is 9.47 Å². The van der Waals surface area contributed by atoms with Gasteiger partial charge in [-0.2, -0.15) is 0 Å². The summed E-state index contributed by atoms with van der Waals surface area (Å²) >= 11 is 0. The standard InChI is InChI=1S/C12H16O3/c1-8-4-9-6-11(13)7-10(5-8)12(9)14-2-3-15-12/h9-10H,1-7H2. The first kappa shape index (κ1) is 9.55. The SMILES string of the molecule is C=C1CC2CC(=O)CC(C1)C21OCCO1. The van der Waals surface area contributed by atoms with Crippen LogP contribution in [0.4, 0.5) is 0 Å². The van der Waals surface area contributed by atoms with Crippen LogP contribution >= 0.6 is 0 Å². The first-order valence-electron chi connectivity index (χ1n) is 5.67. The molecule has 1 spiro atoms. The van der Waals surface area contributed by atoms with E-state index in [-0.39, 0.29) is 11.8 Å². The second kappa shape index (κ2) is 3.16. The number of Topliss-reactive ketones (excluding diaryl/α,β-unsaturated/α-hetero) is 1.